The maximum absolute atomic E-state index is 12.5. The predicted octanol–water partition coefficient (Wildman–Crippen LogP) is -1.26. The van der Waals surface area contributed by atoms with Crippen LogP contribution in [0.1, 0.15) is 33.6 Å². The normalized spacial score (nSPS) is 21.4. The van der Waals surface area contributed by atoms with Gasteiger partial charge < -0.3 is 0 Å². The van der Waals surface area contributed by atoms with Gasteiger partial charge in [-0.15, -0.1) is 0 Å². The van der Waals surface area contributed by atoms with Crippen molar-refractivity contribution in [1.82, 2.24) is 10.2 Å². The van der Waals surface area contributed by atoms with E-state index in [1.54, 1.807) is 0 Å². The summed E-state index contributed by atoms with van der Waals surface area (Å²) in [6, 6.07) is 2.54. The molecule has 1 fully saturated rings. The van der Waals surface area contributed by atoms with Gasteiger partial charge in [0.15, 0.2) is 0 Å². The van der Waals surface area contributed by atoms with Gasteiger partial charge in [0.25, 0.3) is 11.8 Å². The fraction of sp³-hybridized carbons (Fsp3) is 0.231. The highest BCUT2D eigenvalue weighted by molar-refractivity contribution is 7.89. The molecule has 10 heteroatoms. The Balaban J connectivity index is 2.08. The van der Waals surface area contributed by atoms with Gasteiger partial charge in [-0.3, -0.25) is 29.4 Å². The lowest BCUT2D eigenvalue weighted by molar-refractivity contribution is -0.136. The number of carbonyl (C=O) groups is 4. The molecule has 0 radical (unpaired) electrons. The van der Waals surface area contributed by atoms with Crippen molar-refractivity contribution < 1.29 is 27.6 Å². The van der Waals surface area contributed by atoms with E-state index in [0.29, 0.717) is 4.90 Å². The van der Waals surface area contributed by atoms with E-state index in [4.69, 9.17) is 5.14 Å². The molecule has 2 heterocycles. The summed E-state index contributed by atoms with van der Waals surface area (Å²) in [4.78, 5) is 48.2. The smallest absolute Gasteiger partial charge is 0.263 e. The first-order chi connectivity index (χ1) is 10.7. The third-order valence-corrected chi connectivity index (χ3v) is 4.69. The second kappa shape index (κ2) is 4.96. The van der Waals surface area contributed by atoms with Gasteiger partial charge in [-0.1, -0.05) is 6.07 Å². The molecule has 1 atom stereocenters. The summed E-state index contributed by atoms with van der Waals surface area (Å²) in [5, 5.41) is 7.13. The zero-order valence-corrected chi connectivity index (χ0v) is 12.4. The lowest BCUT2D eigenvalue weighted by Crippen LogP contribution is -2.54. The van der Waals surface area contributed by atoms with Crippen LogP contribution in [-0.4, -0.2) is 43.0 Å². The summed E-state index contributed by atoms with van der Waals surface area (Å²) < 4.78 is 23.2. The van der Waals surface area contributed by atoms with Crippen LogP contribution < -0.4 is 10.5 Å². The molecule has 0 spiro atoms. The van der Waals surface area contributed by atoms with Gasteiger partial charge in [0.05, 0.1) is 16.0 Å². The summed E-state index contributed by atoms with van der Waals surface area (Å²) in [7, 11) is -4.22. The zero-order valence-electron chi connectivity index (χ0n) is 11.6. The zero-order chi connectivity index (χ0) is 16.9. The number of carbonyl (C=O) groups excluding carboxylic acids is 4. The van der Waals surface area contributed by atoms with E-state index in [9.17, 15) is 27.6 Å². The van der Waals surface area contributed by atoms with Crippen LogP contribution in [0.15, 0.2) is 23.1 Å². The highest BCUT2D eigenvalue weighted by atomic mass is 32.2. The van der Waals surface area contributed by atoms with Crippen LogP contribution in [0.25, 0.3) is 0 Å². The quantitative estimate of drug-likeness (QED) is 0.644. The molecule has 0 aliphatic carbocycles. The van der Waals surface area contributed by atoms with Gasteiger partial charge in [0.2, 0.25) is 21.8 Å². The average molecular weight is 337 g/mol. The Morgan fingerprint density at radius 2 is 1.83 bits per heavy atom. The van der Waals surface area contributed by atoms with Crippen molar-refractivity contribution in [2.24, 2.45) is 5.14 Å². The van der Waals surface area contributed by atoms with Crippen LogP contribution in [0.3, 0.4) is 0 Å². The van der Waals surface area contributed by atoms with Gasteiger partial charge >= 0.3 is 0 Å². The van der Waals surface area contributed by atoms with E-state index >= 15 is 0 Å². The molecule has 120 valence electrons. The summed E-state index contributed by atoms with van der Waals surface area (Å²) in [5.74, 6) is -2.96. The molecule has 1 unspecified atom stereocenters. The molecule has 3 rings (SSSR count). The number of imide groups is 2. The minimum absolute atomic E-state index is 0.0131. The summed E-state index contributed by atoms with van der Waals surface area (Å²) in [6.45, 7) is 0. The Morgan fingerprint density at radius 3 is 2.43 bits per heavy atom. The molecule has 1 aromatic rings. The van der Waals surface area contributed by atoms with E-state index in [-0.39, 0.29) is 24.0 Å². The number of nitrogens with one attached hydrogen (secondary N) is 1. The van der Waals surface area contributed by atoms with Gasteiger partial charge in [-0.25, -0.2) is 13.6 Å². The van der Waals surface area contributed by atoms with E-state index in [1.807, 2.05) is 0 Å². The average Bonchev–Trinajstić information content (AvgIpc) is 2.71. The number of sulfonamides is 1. The van der Waals surface area contributed by atoms with Gasteiger partial charge in [-0.05, 0) is 18.6 Å². The Kier molecular flexibility index (Phi) is 3.30. The first-order valence-electron chi connectivity index (χ1n) is 6.59. The third kappa shape index (κ3) is 2.32. The van der Waals surface area contributed by atoms with E-state index in [1.165, 1.54) is 12.1 Å². The maximum Gasteiger partial charge on any atom is 0.263 e. The third-order valence-electron chi connectivity index (χ3n) is 3.74. The van der Waals surface area contributed by atoms with Crippen molar-refractivity contribution in [2.75, 3.05) is 0 Å². The SMILES string of the molecule is NS(=O)(=O)c1cccc2c1C(=O)N(C1CCC(=O)NC1=O)C2=O. The maximum atomic E-state index is 12.5. The molecular formula is C13H11N3O6S. The second-order valence-electron chi connectivity index (χ2n) is 5.17. The minimum Gasteiger partial charge on any atom is -0.295 e. The number of hydrogen-bond acceptors (Lipinski definition) is 6. The Labute approximate surface area is 130 Å². The predicted molar refractivity (Wildman–Crippen MR) is 74.5 cm³/mol. The highest BCUT2D eigenvalue weighted by Crippen LogP contribution is 2.31. The molecule has 4 amide bonds. The Morgan fingerprint density at radius 1 is 1.13 bits per heavy atom. The van der Waals surface area contributed by atoms with Gasteiger partial charge in [0, 0.05) is 6.42 Å². The topological polar surface area (TPSA) is 144 Å². The molecule has 23 heavy (non-hydrogen) atoms. The number of primary sulfonamides is 1. The first kappa shape index (κ1) is 15.3. The summed E-state index contributed by atoms with van der Waals surface area (Å²) in [5.41, 5.74) is -0.476. The molecule has 1 aromatic carbocycles. The minimum atomic E-state index is -4.22. The fourth-order valence-corrected chi connectivity index (χ4v) is 3.47. The number of nitrogens with two attached hydrogens (primary N) is 1. The molecule has 2 aliphatic rings. The molecule has 0 bridgehead atoms. The first-order valence-corrected chi connectivity index (χ1v) is 8.14. The van der Waals surface area contributed by atoms with E-state index in [0.717, 1.165) is 6.07 Å². The summed E-state index contributed by atoms with van der Waals surface area (Å²) >= 11 is 0. The van der Waals surface area contributed by atoms with Crippen molar-refractivity contribution >= 4 is 33.7 Å². The van der Waals surface area contributed by atoms with Crippen LogP contribution in [0.5, 0.6) is 0 Å². The van der Waals surface area contributed by atoms with Crippen molar-refractivity contribution in [2.45, 2.75) is 23.8 Å². The van der Waals surface area contributed by atoms with E-state index < -0.39 is 44.6 Å². The Bertz CT molecular complexity index is 876. The van der Waals surface area contributed by atoms with Crippen LogP contribution in [0.2, 0.25) is 0 Å². The molecule has 0 saturated carbocycles. The van der Waals surface area contributed by atoms with Crippen molar-refractivity contribution in [3.05, 3.63) is 29.3 Å². The van der Waals surface area contributed by atoms with E-state index in [2.05, 4.69) is 5.32 Å². The lowest BCUT2D eigenvalue weighted by atomic mass is 10.0. The molecule has 2 aliphatic heterocycles. The molecule has 3 N–H and O–H groups in total. The number of fused-ring (bicyclic) bond motifs is 1. The fourth-order valence-electron chi connectivity index (χ4n) is 2.72. The number of piperidine rings is 1. The lowest BCUT2D eigenvalue weighted by Gasteiger charge is -2.27. The van der Waals surface area contributed by atoms with Crippen molar-refractivity contribution in [1.29, 1.82) is 0 Å². The van der Waals surface area contributed by atoms with Crippen LogP contribution in [0.4, 0.5) is 0 Å². The number of benzene rings is 1. The van der Waals surface area contributed by atoms with Crippen molar-refractivity contribution in [3.8, 4) is 0 Å². The van der Waals surface area contributed by atoms with Crippen molar-refractivity contribution in [3.63, 3.8) is 0 Å². The number of amides is 4. The molecular weight excluding hydrogens is 326 g/mol. The van der Waals surface area contributed by atoms with Gasteiger partial charge in [0.1, 0.15) is 6.04 Å². The number of nitrogens with zero attached hydrogens (tertiary/aromatic N) is 1. The van der Waals surface area contributed by atoms with Crippen LogP contribution >= 0.6 is 0 Å². The number of rotatable bonds is 2. The van der Waals surface area contributed by atoms with Gasteiger partial charge in [-0.2, -0.15) is 0 Å². The van der Waals surface area contributed by atoms with Crippen LogP contribution in [0, 0.1) is 0 Å². The largest absolute Gasteiger partial charge is 0.295 e. The molecule has 1 saturated heterocycles. The Hall–Kier alpha value is -2.59. The monoisotopic (exact) mass is 337 g/mol. The van der Waals surface area contributed by atoms with Crippen LogP contribution in [-0.2, 0) is 19.6 Å². The second-order valence-corrected chi connectivity index (χ2v) is 6.70. The molecule has 0 aromatic heterocycles. The standard InChI is InChI=1S/C13H11N3O6S/c14-23(21,22)8-3-1-2-6-10(8)13(20)16(12(6)19)7-4-5-9(17)15-11(7)18/h1-3,7H,4-5H2,(H2,14,21,22)(H,15,17,18). The molecule has 9 nitrogen and oxygen atoms in total. The highest BCUT2D eigenvalue weighted by Gasteiger charge is 2.46. The number of hydrogen-bond donors (Lipinski definition) is 2. The summed E-state index contributed by atoms with van der Waals surface area (Å²) in [6.07, 6.45) is -0.0350.